The van der Waals surface area contributed by atoms with Crippen LogP contribution in [0.2, 0.25) is 0 Å². The van der Waals surface area contributed by atoms with Crippen LogP contribution in [-0.4, -0.2) is 30.8 Å². The Kier molecular flexibility index (Phi) is 5.97. The highest BCUT2D eigenvalue weighted by Crippen LogP contribution is 2.31. The summed E-state index contributed by atoms with van der Waals surface area (Å²) >= 11 is 1.43. The number of rotatable bonds is 5. The lowest BCUT2D eigenvalue weighted by molar-refractivity contribution is 0.442. The van der Waals surface area contributed by atoms with Crippen molar-refractivity contribution in [1.29, 1.82) is 5.26 Å². The summed E-state index contributed by atoms with van der Waals surface area (Å²) in [7, 11) is 0. The van der Waals surface area contributed by atoms with Crippen molar-refractivity contribution in [2.45, 2.75) is 37.6 Å². The van der Waals surface area contributed by atoms with Gasteiger partial charge in [0.25, 0.3) is 5.78 Å². The van der Waals surface area contributed by atoms with Crippen LogP contribution >= 0.6 is 11.8 Å². The summed E-state index contributed by atoms with van der Waals surface area (Å²) in [6, 6.07) is 5.92. The molecule has 3 aromatic rings. The first-order chi connectivity index (χ1) is 15.4. The van der Waals surface area contributed by atoms with E-state index in [9.17, 15) is 5.26 Å². The molecule has 0 fully saturated rings. The van der Waals surface area contributed by atoms with Gasteiger partial charge in [-0.05, 0) is 43.0 Å². The topological polar surface area (TPSA) is 101 Å². The summed E-state index contributed by atoms with van der Waals surface area (Å²) in [4.78, 5) is 13.1. The van der Waals surface area contributed by atoms with Gasteiger partial charge in [-0.1, -0.05) is 26.8 Å². The lowest BCUT2D eigenvalue weighted by atomic mass is 9.89. The standard InChI is InChI=1S/C23H23N7OS/c1-23(2,3)19-18(14-24)20(32-4)27-22-28-21(29-30(19)22)26-15-6-5-7-16(9-8-15)31-17-10-12-25-13-11-17/h6-13H,5H2,1-4H3,(H,26,29). The predicted octanol–water partition coefficient (Wildman–Crippen LogP) is 4.63. The van der Waals surface area contributed by atoms with Gasteiger partial charge in [0.2, 0.25) is 5.95 Å². The maximum Gasteiger partial charge on any atom is 0.255 e. The van der Waals surface area contributed by atoms with E-state index in [2.05, 4.69) is 31.4 Å². The molecule has 0 bridgehead atoms. The van der Waals surface area contributed by atoms with E-state index in [1.165, 1.54) is 11.8 Å². The summed E-state index contributed by atoms with van der Waals surface area (Å²) in [5.74, 6) is 2.35. The van der Waals surface area contributed by atoms with Crippen molar-refractivity contribution in [3.05, 3.63) is 71.5 Å². The van der Waals surface area contributed by atoms with Crippen molar-refractivity contribution in [1.82, 2.24) is 24.6 Å². The van der Waals surface area contributed by atoms with Crippen molar-refractivity contribution >= 4 is 23.5 Å². The number of ether oxygens (including phenoxy) is 1. The molecule has 1 N–H and O–H groups in total. The van der Waals surface area contributed by atoms with Crippen molar-refractivity contribution in [3.63, 3.8) is 0 Å². The van der Waals surface area contributed by atoms with Gasteiger partial charge in [-0.15, -0.1) is 16.9 Å². The minimum absolute atomic E-state index is 0.313. The van der Waals surface area contributed by atoms with E-state index >= 15 is 0 Å². The molecule has 0 aliphatic heterocycles. The third-order valence-electron chi connectivity index (χ3n) is 4.70. The molecule has 0 atom stereocenters. The fraction of sp³-hybridized carbons (Fsp3) is 0.261. The average molecular weight is 446 g/mol. The van der Waals surface area contributed by atoms with E-state index in [1.54, 1.807) is 16.9 Å². The molecule has 0 spiro atoms. The molecule has 3 heterocycles. The Balaban J connectivity index is 1.61. The number of aromatic nitrogens is 5. The predicted molar refractivity (Wildman–Crippen MR) is 124 cm³/mol. The summed E-state index contributed by atoms with van der Waals surface area (Å²) in [5.41, 5.74) is 1.85. The number of hydrogen-bond donors (Lipinski definition) is 1. The van der Waals surface area contributed by atoms with Crippen LogP contribution in [0.1, 0.15) is 38.4 Å². The number of hydrogen-bond acceptors (Lipinski definition) is 8. The van der Waals surface area contributed by atoms with E-state index in [1.807, 2.05) is 63.5 Å². The largest absolute Gasteiger partial charge is 0.458 e. The maximum absolute atomic E-state index is 9.76. The molecule has 1 aliphatic rings. The monoisotopic (exact) mass is 445 g/mol. The highest BCUT2D eigenvalue weighted by atomic mass is 32.2. The number of nitrogens with zero attached hydrogens (tertiary/aromatic N) is 6. The Bertz CT molecular complexity index is 1280. The second-order valence-corrected chi connectivity index (χ2v) is 8.89. The van der Waals surface area contributed by atoms with Crippen molar-refractivity contribution in [2.24, 2.45) is 0 Å². The van der Waals surface area contributed by atoms with Gasteiger partial charge in [-0.25, -0.2) is 4.98 Å². The first-order valence-corrected chi connectivity index (χ1v) is 11.3. The first kappa shape index (κ1) is 21.6. The highest BCUT2D eigenvalue weighted by Gasteiger charge is 2.27. The van der Waals surface area contributed by atoms with Gasteiger partial charge in [-0.3, -0.25) is 4.98 Å². The minimum atomic E-state index is -0.313. The summed E-state index contributed by atoms with van der Waals surface area (Å²) in [6.45, 7) is 6.15. The SMILES string of the molecule is CSc1nc2nc(NC3=CCC=C(Oc4ccncc4)C=C3)nn2c(C(C)(C)C)c1C#N. The number of thioether (sulfide) groups is 1. The van der Waals surface area contributed by atoms with Crippen LogP contribution in [0.15, 0.2) is 65.3 Å². The summed E-state index contributed by atoms with van der Waals surface area (Å²) < 4.78 is 7.55. The minimum Gasteiger partial charge on any atom is -0.458 e. The molecule has 8 nitrogen and oxygen atoms in total. The molecule has 0 radical (unpaired) electrons. The Labute approximate surface area is 190 Å². The maximum atomic E-state index is 9.76. The second kappa shape index (κ2) is 8.85. The van der Waals surface area contributed by atoms with Crippen molar-refractivity contribution in [2.75, 3.05) is 11.6 Å². The lowest BCUT2D eigenvalue weighted by Gasteiger charge is -2.21. The smallest absolute Gasteiger partial charge is 0.255 e. The third kappa shape index (κ3) is 4.50. The normalized spacial score (nSPS) is 13.8. The van der Waals surface area contributed by atoms with E-state index < -0.39 is 0 Å². The summed E-state index contributed by atoms with van der Waals surface area (Å²) in [6.07, 6.45) is 13.8. The van der Waals surface area contributed by atoms with Gasteiger partial charge in [0.1, 0.15) is 28.2 Å². The molecule has 0 saturated carbocycles. The lowest BCUT2D eigenvalue weighted by Crippen LogP contribution is -2.20. The molecular formula is C23H23N7OS. The van der Waals surface area contributed by atoms with E-state index in [0.717, 1.165) is 22.9 Å². The van der Waals surface area contributed by atoms with E-state index in [-0.39, 0.29) is 5.41 Å². The Morgan fingerprint density at radius 3 is 2.62 bits per heavy atom. The molecule has 0 amide bonds. The van der Waals surface area contributed by atoms with Gasteiger partial charge in [0, 0.05) is 23.5 Å². The fourth-order valence-electron chi connectivity index (χ4n) is 3.32. The highest BCUT2D eigenvalue weighted by molar-refractivity contribution is 7.98. The van der Waals surface area contributed by atoms with Gasteiger partial charge < -0.3 is 10.1 Å². The number of nitrogens with one attached hydrogen (secondary N) is 1. The van der Waals surface area contributed by atoms with Gasteiger partial charge in [-0.2, -0.15) is 14.8 Å². The van der Waals surface area contributed by atoms with Gasteiger partial charge in [0.05, 0.1) is 5.69 Å². The number of allylic oxidation sites excluding steroid dienone is 4. The molecule has 0 aromatic carbocycles. The first-order valence-electron chi connectivity index (χ1n) is 10.1. The third-order valence-corrected chi connectivity index (χ3v) is 5.38. The van der Waals surface area contributed by atoms with Crippen molar-refractivity contribution < 1.29 is 4.74 Å². The Morgan fingerprint density at radius 2 is 1.94 bits per heavy atom. The fourth-order valence-corrected chi connectivity index (χ4v) is 3.84. The zero-order valence-corrected chi connectivity index (χ0v) is 19.1. The van der Waals surface area contributed by atoms with Crippen LogP contribution in [0.4, 0.5) is 5.95 Å². The number of nitriles is 1. The van der Waals surface area contributed by atoms with Gasteiger partial charge in [0.15, 0.2) is 0 Å². The zero-order valence-electron chi connectivity index (χ0n) is 18.3. The molecule has 4 rings (SSSR count). The Hall–Kier alpha value is -3.64. The number of fused-ring (bicyclic) bond motifs is 1. The second-order valence-electron chi connectivity index (χ2n) is 8.10. The van der Waals surface area contributed by atoms with Crippen LogP contribution in [0, 0.1) is 11.3 Å². The van der Waals surface area contributed by atoms with Crippen LogP contribution in [0.3, 0.4) is 0 Å². The molecule has 3 aromatic heterocycles. The van der Waals surface area contributed by atoms with Crippen LogP contribution < -0.4 is 10.1 Å². The molecule has 1 aliphatic carbocycles. The van der Waals surface area contributed by atoms with E-state index in [4.69, 9.17) is 4.74 Å². The quantitative estimate of drug-likeness (QED) is 0.448. The zero-order chi connectivity index (χ0) is 22.7. The van der Waals surface area contributed by atoms with Crippen LogP contribution in [-0.2, 0) is 5.41 Å². The average Bonchev–Trinajstić information content (AvgIpc) is 3.03. The van der Waals surface area contributed by atoms with Crippen molar-refractivity contribution in [3.8, 4) is 11.8 Å². The van der Waals surface area contributed by atoms with Crippen LogP contribution in [0.25, 0.3) is 5.78 Å². The van der Waals surface area contributed by atoms with E-state index in [0.29, 0.717) is 28.7 Å². The molecule has 32 heavy (non-hydrogen) atoms. The number of pyridine rings is 1. The summed E-state index contributed by atoms with van der Waals surface area (Å²) in [5, 5.41) is 18.3. The molecule has 162 valence electrons. The molecule has 0 saturated heterocycles. The molecule has 9 heteroatoms. The number of anilines is 1. The van der Waals surface area contributed by atoms with Gasteiger partial charge >= 0.3 is 0 Å². The molecule has 0 unspecified atom stereocenters. The van der Waals surface area contributed by atoms with Crippen LogP contribution in [0.5, 0.6) is 5.75 Å². The molecular weight excluding hydrogens is 422 g/mol. The Morgan fingerprint density at radius 1 is 1.16 bits per heavy atom.